The average Bonchev–Trinajstić information content (AvgIpc) is 3.37. The second-order valence-electron chi connectivity index (χ2n) is 6.03. The van der Waals surface area contributed by atoms with E-state index in [1.165, 1.54) is 11.3 Å². The molecule has 0 unspecified atom stereocenters. The Kier molecular flexibility index (Phi) is 5.41. The van der Waals surface area contributed by atoms with Crippen molar-refractivity contribution in [1.29, 1.82) is 0 Å². The summed E-state index contributed by atoms with van der Waals surface area (Å²) < 4.78 is 5.91. The topological polar surface area (TPSA) is 67.2 Å². The Balaban J connectivity index is 1.37. The number of nitrogens with one attached hydrogen (secondary N) is 2. The largest absolute Gasteiger partial charge is 0.359 e. The van der Waals surface area contributed by atoms with Crippen LogP contribution in [0.2, 0.25) is 4.34 Å². The van der Waals surface area contributed by atoms with Crippen molar-refractivity contribution in [3.63, 3.8) is 0 Å². The lowest BCUT2D eigenvalue weighted by Crippen LogP contribution is -2.21. The van der Waals surface area contributed by atoms with Crippen molar-refractivity contribution in [2.24, 2.45) is 0 Å². The quantitative estimate of drug-likeness (QED) is 0.426. The summed E-state index contributed by atoms with van der Waals surface area (Å²) in [5.74, 6) is 0.392. The number of carbonyl (C=O) groups is 1. The van der Waals surface area contributed by atoms with Crippen LogP contribution in [-0.2, 0) is 6.54 Å². The zero-order valence-electron chi connectivity index (χ0n) is 14.7. The maximum absolute atomic E-state index is 12.1. The molecule has 28 heavy (non-hydrogen) atoms. The fourth-order valence-electron chi connectivity index (χ4n) is 2.64. The first-order valence-corrected chi connectivity index (χ1v) is 9.78. The number of nitrogens with zero attached hydrogens (tertiary/aromatic N) is 1. The number of carbonyl (C=O) groups excluding carboxylic acids is 1. The summed E-state index contributed by atoms with van der Waals surface area (Å²) in [5, 5.41) is 10.2. The highest BCUT2D eigenvalue weighted by atomic mass is 35.5. The van der Waals surface area contributed by atoms with Crippen LogP contribution in [0.5, 0.6) is 0 Å². The Morgan fingerprint density at radius 3 is 2.46 bits per heavy atom. The molecule has 2 N–H and O–H groups in total. The van der Waals surface area contributed by atoms with Crippen molar-refractivity contribution in [2.75, 3.05) is 5.32 Å². The van der Waals surface area contributed by atoms with Crippen molar-refractivity contribution in [1.82, 2.24) is 10.5 Å². The van der Waals surface area contributed by atoms with Crippen molar-refractivity contribution in [2.45, 2.75) is 6.54 Å². The summed E-state index contributed by atoms with van der Waals surface area (Å²) in [5.41, 5.74) is 3.67. The molecular weight excluding hydrogens is 394 g/mol. The molecular formula is C21H16ClN3O2S. The Labute approximate surface area is 171 Å². The molecule has 0 spiro atoms. The third kappa shape index (κ3) is 4.42. The van der Waals surface area contributed by atoms with Crippen LogP contribution in [0, 0.1) is 0 Å². The molecule has 0 bridgehead atoms. The first-order valence-electron chi connectivity index (χ1n) is 8.59. The summed E-state index contributed by atoms with van der Waals surface area (Å²) in [7, 11) is 0. The van der Waals surface area contributed by atoms with Gasteiger partial charge in [-0.2, -0.15) is 0 Å². The molecule has 5 nitrogen and oxygen atoms in total. The second kappa shape index (κ2) is 8.29. The smallest absolute Gasteiger partial charge is 0.261 e. The number of aromatic nitrogens is 1. The third-order valence-corrected chi connectivity index (χ3v) is 5.25. The van der Waals surface area contributed by atoms with Gasteiger partial charge in [0.1, 0.15) is 5.69 Å². The molecule has 2 aromatic heterocycles. The maximum Gasteiger partial charge on any atom is 0.261 e. The lowest BCUT2D eigenvalue weighted by atomic mass is 10.1. The summed E-state index contributed by atoms with van der Waals surface area (Å²) in [6.07, 6.45) is 0. The Bertz CT molecular complexity index is 1070. The van der Waals surface area contributed by atoms with Crippen LogP contribution in [0.1, 0.15) is 15.4 Å². The lowest BCUT2D eigenvalue weighted by molar-refractivity contribution is 0.0951. The number of halogens is 1. The predicted molar refractivity (Wildman–Crippen MR) is 112 cm³/mol. The molecule has 4 aromatic rings. The van der Waals surface area contributed by atoms with Gasteiger partial charge in [-0.05, 0) is 36.4 Å². The Morgan fingerprint density at radius 1 is 1.00 bits per heavy atom. The van der Waals surface area contributed by atoms with E-state index in [0.29, 0.717) is 15.0 Å². The number of benzene rings is 2. The standard InChI is InChI=1S/C21H16ClN3O2S/c22-20-11-10-19(28-20)21(26)23-13-17-12-18(25-27-17)14-6-8-16(9-7-14)24-15-4-2-1-3-5-15/h1-12,24H,13H2,(H,23,26). The van der Waals surface area contributed by atoms with Crippen LogP contribution in [0.25, 0.3) is 11.3 Å². The molecule has 2 heterocycles. The molecule has 0 aliphatic heterocycles. The van der Waals surface area contributed by atoms with E-state index in [-0.39, 0.29) is 12.5 Å². The Morgan fingerprint density at radius 2 is 1.75 bits per heavy atom. The number of amides is 1. The number of hydrogen-bond acceptors (Lipinski definition) is 5. The zero-order valence-corrected chi connectivity index (χ0v) is 16.3. The van der Waals surface area contributed by atoms with Crippen LogP contribution in [0.15, 0.2) is 77.3 Å². The zero-order chi connectivity index (χ0) is 19.3. The average molecular weight is 410 g/mol. The molecule has 0 radical (unpaired) electrons. The van der Waals surface area contributed by atoms with E-state index in [2.05, 4.69) is 15.8 Å². The molecule has 0 aliphatic rings. The van der Waals surface area contributed by atoms with Gasteiger partial charge in [0.15, 0.2) is 5.76 Å². The van der Waals surface area contributed by atoms with Gasteiger partial charge in [0, 0.05) is 23.0 Å². The van der Waals surface area contributed by atoms with Crippen LogP contribution < -0.4 is 10.6 Å². The minimum Gasteiger partial charge on any atom is -0.359 e. The molecule has 0 saturated heterocycles. The molecule has 4 rings (SSSR count). The summed E-state index contributed by atoms with van der Waals surface area (Å²) >= 11 is 7.09. The minimum absolute atomic E-state index is 0.189. The number of anilines is 2. The second-order valence-corrected chi connectivity index (χ2v) is 7.75. The van der Waals surface area contributed by atoms with E-state index in [9.17, 15) is 4.79 Å². The number of para-hydroxylation sites is 1. The van der Waals surface area contributed by atoms with Gasteiger partial charge in [-0.1, -0.05) is 47.1 Å². The SMILES string of the molecule is O=C(NCc1cc(-c2ccc(Nc3ccccc3)cc2)no1)c1ccc(Cl)s1. The van der Waals surface area contributed by atoms with E-state index in [0.717, 1.165) is 22.6 Å². The van der Waals surface area contributed by atoms with Gasteiger partial charge in [0.05, 0.1) is 15.8 Å². The molecule has 0 atom stereocenters. The predicted octanol–water partition coefficient (Wildman–Crippen LogP) is 5.73. The van der Waals surface area contributed by atoms with Crippen molar-refractivity contribution >= 4 is 40.2 Å². The summed E-state index contributed by atoms with van der Waals surface area (Å²) in [6.45, 7) is 0.259. The van der Waals surface area contributed by atoms with Crippen LogP contribution in [-0.4, -0.2) is 11.1 Å². The lowest BCUT2D eigenvalue weighted by Gasteiger charge is -2.06. The van der Waals surface area contributed by atoms with E-state index in [1.54, 1.807) is 12.1 Å². The van der Waals surface area contributed by atoms with E-state index in [4.69, 9.17) is 16.1 Å². The van der Waals surface area contributed by atoms with Crippen LogP contribution in [0.3, 0.4) is 0 Å². The van der Waals surface area contributed by atoms with E-state index >= 15 is 0 Å². The monoisotopic (exact) mass is 409 g/mol. The minimum atomic E-state index is -0.189. The molecule has 1 amide bonds. The van der Waals surface area contributed by atoms with Crippen molar-refractivity contribution < 1.29 is 9.32 Å². The number of thiophene rings is 1. The molecule has 0 saturated carbocycles. The fraction of sp³-hybridized carbons (Fsp3) is 0.0476. The van der Waals surface area contributed by atoms with Crippen LogP contribution in [0.4, 0.5) is 11.4 Å². The van der Waals surface area contributed by atoms with Gasteiger partial charge in [-0.25, -0.2) is 0 Å². The fourth-order valence-corrected chi connectivity index (χ4v) is 3.60. The van der Waals surface area contributed by atoms with Gasteiger partial charge < -0.3 is 15.2 Å². The normalized spacial score (nSPS) is 10.6. The van der Waals surface area contributed by atoms with Crippen LogP contribution >= 0.6 is 22.9 Å². The summed E-state index contributed by atoms with van der Waals surface area (Å²) in [6, 6.07) is 23.1. The first kappa shape index (κ1) is 18.3. The highest BCUT2D eigenvalue weighted by molar-refractivity contribution is 7.17. The van der Waals surface area contributed by atoms with Crippen molar-refractivity contribution in [3.8, 4) is 11.3 Å². The molecule has 0 aliphatic carbocycles. The van der Waals surface area contributed by atoms with Gasteiger partial charge >= 0.3 is 0 Å². The van der Waals surface area contributed by atoms with Crippen molar-refractivity contribution in [3.05, 3.63) is 87.8 Å². The summed E-state index contributed by atoms with van der Waals surface area (Å²) in [4.78, 5) is 12.6. The number of hydrogen-bond donors (Lipinski definition) is 2. The molecule has 2 aromatic carbocycles. The highest BCUT2D eigenvalue weighted by Crippen LogP contribution is 2.24. The Hall–Kier alpha value is -3.09. The van der Waals surface area contributed by atoms with Gasteiger partial charge in [0.2, 0.25) is 0 Å². The molecule has 140 valence electrons. The highest BCUT2D eigenvalue weighted by Gasteiger charge is 2.11. The van der Waals surface area contributed by atoms with E-state index < -0.39 is 0 Å². The van der Waals surface area contributed by atoms with Gasteiger partial charge in [-0.15, -0.1) is 11.3 Å². The first-order chi connectivity index (χ1) is 13.7. The van der Waals surface area contributed by atoms with E-state index in [1.807, 2.05) is 60.7 Å². The third-order valence-electron chi connectivity index (χ3n) is 4.02. The molecule has 0 fully saturated rings. The number of rotatable bonds is 6. The maximum atomic E-state index is 12.1. The molecule has 7 heteroatoms. The van der Waals surface area contributed by atoms with Gasteiger partial charge in [-0.3, -0.25) is 4.79 Å². The van der Waals surface area contributed by atoms with Gasteiger partial charge in [0.25, 0.3) is 5.91 Å².